The minimum absolute atomic E-state index is 0.0250. The summed E-state index contributed by atoms with van der Waals surface area (Å²) in [6.45, 7) is 5.58. The Bertz CT molecular complexity index is 757. The summed E-state index contributed by atoms with van der Waals surface area (Å²) < 4.78 is 1.52. The molecule has 1 aliphatic rings. The number of nitrogens with zero attached hydrogens (tertiary/aromatic N) is 3. The van der Waals surface area contributed by atoms with Gasteiger partial charge in [0.25, 0.3) is 5.56 Å². The number of carbonyl (C=O) groups is 1. The molecule has 1 aliphatic heterocycles. The molecule has 3 heterocycles. The van der Waals surface area contributed by atoms with Gasteiger partial charge >= 0.3 is 0 Å². The predicted molar refractivity (Wildman–Crippen MR) is 88.4 cm³/mol. The first-order chi connectivity index (χ1) is 10.6. The van der Waals surface area contributed by atoms with Gasteiger partial charge in [-0.3, -0.25) is 14.2 Å². The number of fused-ring (bicyclic) bond motifs is 1. The smallest absolute Gasteiger partial charge is 0.262 e. The minimum Gasteiger partial charge on any atom is -0.341 e. The van der Waals surface area contributed by atoms with Crippen molar-refractivity contribution in [2.75, 3.05) is 13.1 Å². The normalized spacial score (nSPS) is 15.5. The average Bonchev–Trinajstić information content (AvgIpc) is 2.95. The molecule has 3 rings (SSSR count). The molecule has 1 saturated heterocycles. The summed E-state index contributed by atoms with van der Waals surface area (Å²) in [5.74, 6) is 0.643. The van der Waals surface area contributed by atoms with Gasteiger partial charge in [0.2, 0.25) is 5.91 Å². The van der Waals surface area contributed by atoms with Gasteiger partial charge in [0.15, 0.2) is 0 Å². The Labute approximate surface area is 133 Å². The number of piperidine rings is 1. The monoisotopic (exact) mass is 319 g/mol. The van der Waals surface area contributed by atoms with Gasteiger partial charge in [-0.15, -0.1) is 11.3 Å². The van der Waals surface area contributed by atoms with Crippen molar-refractivity contribution in [2.24, 2.45) is 0 Å². The summed E-state index contributed by atoms with van der Waals surface area (Å²) in [4.78, 5) is 33.4. The van der Waals surface area contributed by atoms with Crippen molar-refractivity contribution in [1.29, 1.82) is 0 Å². The summed E-state index contributed by atoms with van der Waals surface area (Å²) in [5, 5.41) is 0.638. The van der Waals surface area contributed by atoms with Crippen LogP contribution in [-0.2, 0) is 17.8 Å². The van der Waals surface area contributed by atoms with Crippen LogP contribution in [0.1, 0.15) is 36.9 Å². The number of aromatic nitrogens is 2. The van der Waals surface area contributed by atoms with E-state index in [0.29, 0.717) is 11.2 Å². The van der Waals surface area contributed by atoms with Crippen molar-refractivity contribution in [3.05, 3.63) is 27.1 Å². The number of hydrogen-bond acceptors (Lipinski definition) is 4. The molecule has 0 unspecified atom stereocenters. The zero-order chi connectivity index (χ0) is 15.7. The topological polar surface area (TPSA) is 55.2 Å². The van der Waals surface area contributed by atoms with Gasteiger partial charge in [0.1, 0.15) is 17.2 Å². The Morgan fingerprint density at radius 2 is 2.05 bits per heavy atom. The molecule has 1 amide bonds. The SMILES string of the molecule is CCc1cc2c(=O)n(CC(=O)N3CCCCC3)c(C)nc2s1. The van der Waals surface area contributed by atoms with Crippen LogP contribution in [0, 0.1) is 6.92 Å². The van der Waals surface area contributed by atoms with Crippen LogP contribution < -0.4 is 5.56 Å². The van der Waals surface area contributed by atoms with Gasteiger partial charge in [-0.1, -0.05) is 6.92 Å². The number of likely N-dealkylation sites (tertiary alicyclic amines) is 1. The fraction of sp³-hybridized carbons (Fsp3) is 0.562. The molecular formula is C16H21N3O2S. The van der Waals surface area contributed by atoms with E-state index in [1.54, 1.807) is 18.3 Å². The van der Waals surface area contributed by atoms with Crippen LogP contribution in [-0.4, -0.2) is 33.4 Å². The lowest BCUT2D eigenvalue weighted by Gasteiger charge is -2.27. The number of thiophene rings is 1. The first-order valence-corrected chi connectivity index (χ1v) is 8.69. The summed E-state index contributed by atoms with van der Waals surface area (Å²) in [7, 11) is 0. The van der Waals surface area contributed by atoms with Gasteiger partial charge in [0.05, 0.1) is 5.39 Å². The third-order valence-electron chi connectivity index (χ3n) is 4.24. The first kappa shape index (κ1) is 15.2. The van der Waals surface area contributed by atoms with Crippen LogP contribution in [0.3, 0.4) is 0 Å². The lowest BCUT2D eigenvalue weighted by molar-refractivity contribution is -0.132. The van der Waals surface area contributed by atoms with Gasteiger partial charge in [-0.05, 0) is 38.7 Å². The summed E-state index contributed by atoms with van der Waals surface area (Å²) in [6.07, 6.45) is 4.19. The molecule has 0 atom stereocenters. The van der Waals surface area contributed by atoms with Crippen molar-refractivity contribution in [3.8, 4) is 0 Å². The van der Waals surface area contributed by atoms with Crippen molar-refractivity contribution in [1.82, 2.24) is 14.5 Å². The minimum atomic E-state index is -0.0937. The van der Waals surface area contributed by atoms with Crippen molar-refractivity contribution in [3.63, 3.8) is 0 Å². The highest BCUT2D eigenvalue weighted by Crippen LogP contribution is 2.22. The third-order valence-corrected chi connectivity index (χ3v) is 5.42. The summed E-state index contributed by atoms with van der Waals surface area (Å²) >= 11 is 1.56. The van der Waals surface area contributed by atoms with Crippen LogP contribution in [0.25, 0.3) is 10.2 Å². The van der Waals surface area contributed by atoms with Crippen LogP contribution >= 0.6 is 11.3 Å². The molecule has 118 valence electrons. The van der Waals surface area contributed by atoms with Gasteiger partial charge in [-0.2, -0.15) is 0 Å². The van der Waals surface area contributed by atoms with E-state index in [2.05, 4.69) is 11.9 Å². The Morgan fingerprint density at radius 1 is 1.32 bits per heavy atom. The molecule has 0 spiro atoms. The number of aryl methyl sites for hydroxylation is 2. The fourth-order valence-corrected chi connectivity index (χ4v) is 3.91. The van der Waals surface area contributed by atoms with E-state index >= 15 is 0 Å². The molecule has 0 N–H and O–H groups in total. The zero-order valence-corrected chi connectivity index (χ0v) is 13.9. The highest BCUT2D eigenvalue weighted by molar-refractivity contribution is 7.18. The second-order valence-corrected chi connectivity index (χ2v) is 6.89. The van der Waals surface area contributed by atoms with E-state index in [1.165, 1.54) is 11.0 Å². The molecule has 6 heteroatoms. The molecular weight excluding hydrogens is 298 g/mol. The Hall–Kier alpha value is -1.69. The van der Waals surface area contributed by atoms with Crippen molar-refractivity contribution in [2.45, 2.75) is 46.1 Å². The maximum Gasteiger partial charge on any atom is 0.262 e. The lowest BCUT2D eigenvalue weighted by atomic mass is 10.1. The van der Waals surface area contributed by atoms with Crippen LogP contribution in [0.5, 0.6) is 0 Å². The molecule has 5 nitrogen and oxygen atoms in total. The maximum absolute atomic E-state index is 12.7. The molecule has 0 radical (unpaired) electrons. The molecule has 0 aromatic carbocycles. The number of amides is 1. The summed E-state index contributed by atoms with van der Waals surface area (Å²) in [5.41, 5.74) is -0.0937. The lowest BCUT2D eigenvalue weighted by Crippen LogP contribution is -2.40. The largest absolute Gasteiger partial charge is 0.341 e. The van der Waals surface area contributed by atoms with E-state index in [0.717, 1.165) is 42.1 Å². The number of carbonyl (C=O) groups excluding carboxylic acids is 1. The molecule has 2 aromatic rings. The van der Waals surface area contributed by atoms with Crippen LogP contribution in [0.15, 0.2) is 10.9 Å². The molecule has 0 bridgehead atoms. The highest BCUT2D eigenvalue weighted by atomic mass is 32.1. The second kappa shape index (κ2) is 6.20. The average molecular weight is 319 g/mol. The zero-order valence-electron chi connectivity index (χ0n) is 13.1. The maximum atomic E-state index is 12.7. The molecule has 1 fully saturated rings. The molecule has 0 aliphatic carbocycles. The van der Waals surface area contributed by atoms with E-state index in [9.17, 15) is 9.59 Å². The van der Waals surface area contributed by atoms with E-state index in [-0.39, 0.29) is 18.0 Å². The Balaban J connectivity index is 1.92. The van der Waals surface area contributed by atoms with Crippen LogP contribution in [0.4, 0.5) is 0 Å². The van der Waals surface area contributed by atoms with Crippen molar-refractivity contribution < 1.29 is 4.79 Å². The quantitative estimate of drug-likeness (QED) is 0.872. The van der Waals surface area contributed by atoms with E-state index in [1.807, 2.05) is 11.0 Å². The van der Waals surface area contributed by atoms with Crippen molar-refractivity contribution >= 4 is 27.5 Å². The summed E-state index contributed by atoms with van der Waals surface area (Å²) in [6, 6.07) is 1.91. The highest BCUT2D eigenvalue weighted by Gasteiger charge is 2.19. The molecule has 22 heavy (non-hydrogen) atoms. The Kier molecular flexibility index (Phi) is 4.29. The van der Waals surface area contributed by atoms with Crippen LogP contribution in [0.2, 0.25) is 0 Å². The fourth-order valence-electron chi connectivity index (χ4n) is 2.91. The van der Waals surface area contributed by atoms with E-state index in [4.69, 9.17) is 0 Å². The van der Waals surface area contributed by atoms with Gasteiger partial charge in [0, 0.05) is 18.0 Å². The standard InChI is InChI=1S/C16H21N3O2S/c1-3-12-9-13-15(22-12)17-11(2)19(16(13)21)10-14(20)18-7-5-4-6-8-18/h9H,3-8,10H2,1-2H3. The predicted octanol–water partition coefficient (Wildman–Crippen LogP) is 2.34. The first-order valence-electron chi connectivity index (χ1n) is 7.87. The molecule has 2 aromatic heterocycles. The van der Waals surface area contributed by atoms with E-state index < -0.39 is 0 Å². The Morgan fingerprint density at radius 3 is 2.73 bits per heavy atom. The van der Waals surface area contributed by atoms with Gasteiger partial charge in [-0.25, -0.2) is 4.98 Å². The number of hydrogen-bond donors (Lipinski definition) is 0. The third kappa shape index (κ3) is 2.79. The second-order valence-electron chi connectivity index (χ2n) is 5.78. The molecule has 0 saturated carbocycles. The number of rotatable bonds is 3. The van der Waals surface area contributed by atoms with Gasteiger partial charge < -0.3 is 4.90 Å².